The largest absolute Gasteiger partial charge is 0.443 e. The highest BCUT2D eigenvalue weighted by atomic mass is 35.5. The van der Waals surface area contributed by atoms with Crippen LogP contribution in [0, 0.1) is 11.6 Å². The van der Waals surface area contributed by atoms with Gasteiger partial charge in [-0.1, -0.05) is 23.7 Å². The van der Waals surface area contributed by atoms with E-state index in [1.807, 2.05) is 0 Å². The lowest BCUT2D eigenvalue weighted by atomic mass is 9.88. The molecule has 6 nitrogen and oxygen atoms in total. The number of carbonyl (C=O) groups excluding carboxylic acids is 2. The van der Waals surface area contributed by atoms with Crippen molar-refractivity contribution in [1.29, 1.82) is 0 Å². The number of nitrogens with zero attached hydrogens (tertiary/aromatic N) is 2. The van der Waals surface area contributed by atoms with Crippen molar-refractivity contribution in [3.05, 3.63) is 64.7 Å². The average molecular weight is 483 g/mol. The fraction of sp³-hybridized carbons (Fsp3) is 0.318. The summed E-state index contributed by atoms with van der Waals surface area (Å²) in [6.07, 6.45) is -2.56. The number of rotatable bonds is 3. The van der Waals surface area contributed by atoms with Crippen molar-refractivity contribution in [3.63, 3.8) is 0 Å². The van der Waals surface area contributed by atoms with E-state index in [1.165, 1.54) is 31.2 Å². The van der Waals surface area contributed by atoms with Crippen molar-refractivity contribution >= 4 is 46.6 Å². The monoisotopic (exact) mass is 482 g/mol. The van der Waals surface area contributed by atoms with Crippen LogP contribution in [0.3, 0.4) is 0 Å². The second-order valence-corrected chi connectivity index (χ2v) is 9.21. The molecule has 170 valence electrons. The van der Waals surface area contributed by atoms with Crippen LogP contribution in [0.5, 0.6) is 0 Å². The lowest BCUT2D eigenvalue weighted by molar-refractivity contribution is -0.130. The lowest BCUT2D eigenvalue weighted by Crippen LogP contribution is -2.55. The zero-order valence-electron chi connectivity index (χ0n) is 17.7. The molecule has 0 unspecified atom stereocenters. The minimum atomic E-state index is -1.95. The highest BCUT2D eigenvalue weighted by Gasteiger charge is 2.60. The fourth-order valence-electron chi connectivity index (χ4n) is 3.34. The Bertz CT molecular complexity index is 1090. The van der Waals surface area contributed by atoms with Gasteiger partial charge in [-0.3, -0.25) is 9.69 Å². The fourth-order valence-corrected chi connectivity index (χ4v) is 3.97. The number of amides is 2. The highest BCUT2D eigenvalue weighted by molar-refractivity contribution is 7.80. The second-order valence-electron chi connectivity index (χ2n) is 8.44. The molecule has 1 fully saturated rings. The third-order valence-corrected chi connectivity index (χ3v) is 5.59. The zero-order valence-corrected chi connectivity index (χ0v) is 19.3. The summed E-state index contributed by atoms with van der Waals surface area (Å²) in [6.45, 7) is 6.23. The first-order valence-electron chi connectivity index (χ1n) is 9.57. The summed E-state index contributed by atoms with van der Waals surface area (Å²) >= 11 is 11.3. The molecule has 10 heteroatoms. The topological polar surface area (TPSA) is 70.1 Å². The van der Waals surface area contributed by atoms with E-state index in [0.29, 0.717) is 0 Å². The number of ether oxygens (including phenoxy) is 1. The Kier molecular flexibility index (Phi) is 6.29. The summed E-state index contributed by atoms with van der Waals surface area (Å²) in [5.74, 6) is -2.01. The van der Waals surface area contributed by atoms with E-state index in [-0.39, 0.29) is 21.4 Å². The number of anilines is 1. The van der Waals surface area contributed by atoms with E-state index in [2.05, 4.69) is 0 Å². The summed E-state index contributed by atoms with van der Waals surface area (Å²) in [6, 6.07) is 8.35. The van der Waals surface area contributed by atoms with E-state index in [4.69, 9.17) is 28.6 Å². The number of hydrogen-bond donors (Lipinski definition) is 1. The first-order valence-corrected chi connectivity index (χ1v) is 10.4. The zero-order chi connectivity index (χ0) is 24.0. The predicted octanol–water partition coefficient (Wildman–Crippen LogP) is 4.98. The van der Waals surface area contributed by atoms with Crippen LogP contribution in [0.1, 0.15) is 39.4 Å². The highest BCUT2D eigenvalue weighted by Crippen LogP contribution is 2.42. The number of thiocarbonyl (C=S) groups is 1. The van der Waals surface area contributed by atoms with E-state index < -0.39 is 40.9 Å². The maximum absolute atomic E-state index is 13.7. The van der Waals surface area contributed by atoms with Gasteiger partial charge in [0, 0.05) is 0 Å². The quantitative estimate of drug-likeness (QED) is 0.625. The third kappa shape index (κ3) is 4.20. The molecule has 1 aliphatic rings. The van der Waals surface area contributed by atoms with Gasteiger partial charge < -0.3 is 9.84 Å². The van der Waals surface area contributed by atoms with Crippen LogP contribution in [0.15, 0.2) is 42.5 Å². The summed E-state index contributed by atoms with van der Waals surface area (Å²) < 4.78 is 32.5. The van der Waals surface area contributed by atoms with Gasteiger partial charge in [0.2, 0.25) is 0 Å². The molecule has 1 aliphatic heterocycles. The van der Waals surface area contributed by atoms with Crippen molar-refractivity contribution in [2.75, 3.05) is 4.90 Å². The molecule has 2 aromatic rings. The van der Waals surface area contributed by atoms with Crippen molar-refractivity contribution in [3.8, 4) is 0 Å². The maximum atomic E-state index is 13.7. The number of benzene rings is 2. The molecule has 2 atom stereocenters. The Morgan fingerprint density at radius 2 is 1.78 bits per heavy atom. The van der Waals surface area contributed by atoms with Crippen LogP contribution >= 0.6 is 23.8 Å². The van der Waals surface area contributed by atoms with Gasteiger partial charge >= 0.3 is 6.09 Å². The van der Waals surface area contributed by atoms with Gasteiger partial charge in [0.1, 0.15) is 23.3 Å². The number of halogens is 3. The predicted molar refractivity (Wildman–Crippen MR) is 119 cm³/mol. The lowest BCUT2D eigenvalue weighted by Gasteiger charge is -2.36. The number of aliphatic hydroxyl groups is 1. The van der Waals surface area contributed by atoms with Crippen molar-refractivity contribution in [2.45, 2.75) is 44.9 Å². The molecule has 1 heterocycles. The molecule has 0 spiro atoms. The average Bonchev–Trinajstić information content (AvgIpc) is 2.89. The number of carbonyl (C=O) groups is 2. The Morgan fingerprint density at radius 1 is 1.19 bits per heavy atom. The van der Waals surface area contributed by atoms with Crippen LogP contribution in [0.25, 0.3) is 0 Å². The van der Waals surface area contributed by atoms with Crippen molar-refractivity contribution in [1.82, 2.24) is 4.90 Å². The summed E-state index contributed by atoms with van der Waals surface area (Å²) in [5, 5.41) is 10.6. The molecular weight excluding hydrogens is 462 g/mol. The van der Waals surface area contributed by atoms with Gasteiger partial charge in [-0.2, -0.15) is 0 Å². The Hall–Kier alpha value is -2.62. The molecule has 0 bridgehead atoms. The maximum Gasteiger partial charge on any atom is 0.417 e. The Morgan fingerprint density at radius 3 is 2.31 bits per heavy atom. The van der Waals surface area contributed by atoms with E-state index in [0.717, 1.165) is 28.0 Å². The van der Waals surface area contributed by atoms with E-state index in [1.54, 1.807) is 20.8 Å². The molecular formula is C22H21ClF2N2O4S. The Labute approximate surface area is 194 Å². The molecule has 1 N–H and O–H groups in total. The smallest absolute Gasteiger partial charge is 0.417 e. The SMILES string of the molecule is CC(C)(C)OC(=O)N1C(=S)N(c2ccc(F)c(Cl)c2)C(=O)[C@@]1(C)[C@@H](O)c1ccc(F)cc1. The third-order valence-electron chi connectivity index (χ3n) is 4.94. The van der Waals surface area contributed by atoms with Crippen molar-refractivity contribution in [2.24, 2.45) is 0 Å². The van der Waals surface area contributed by atoms with Crippen LogP contribution in [0.4, 0.5) is 19.3 Å². The standard InChI is InChI=1S/C22H21ClF2N2O4S/c1-21(2,3)31-20(30)27-19(32)26(14-9-10-16(25)15(23)11-14)18(29)22(27,4)17(28)12-5-7-13(24)8-6-12/h5-11,17,28H,1-4H3/t17-,22+/m0/s1. The molecule has 2 aromatic carbocycles. The van der Waals surface area contributed by atoms with Gasteiger partial charge in [-0.15, -0.1) is 0 Å². The van der Waals surface area contributed by atoms with E-state index in [9.17, 15) is 23.5 Å². The summed E-state index contributed by atoms with van der Waals surface area (Å²) in [5.41, 5.74) is -2.59. The van der Waals surface area contributed by atoms with Crippen LogP contribution < -0.4 is 4.90 Å². The van der Waals surface area contributed by atoms with Crippen LogP contribution in [0.2, 0.25) is 5.02 Å². The molecule has 0 radical (unpaired) electrons. The number of hydrogen-bond acceptors (Lipinski definition) is 5. The van der Waals surface area contributed by atoms with Crippen LogP contribution in [-0.2, 0) is 9.53 Å². The van der Waals surface area contributed by atoms with E-state index >= 15 is 0 Å². The van der Waals surface area contributed by atoms with Gasteiger partial charge in [0.15, 0.2) is 10.7 Å². The summed E-state index contributed by atoms with van der Waals surface area (Å²) in [4.78, 5) is 28.6. The van der Waals surface area contributed by atoms with Crippen molar-refractivity contribution < 1.29 is 28.2 Å². The van der Waals surface area contributed by atoms with Gasteiger partial charge in [0.05, 0.1) is 10.7 Å². The minimum Gasteiger partial charge on any atom is -0.443 e. The van der Waals surface area contributed by atoms with Gasteiger partial charge in [0.25, 0.3) is 5.91 Å². The summed E-state index contributed by atoms with van der Waals surface area (Å²) in [7, 11) is 0. The molecule has 32 heavy (non-hydrogen) atoms. The van der Waals surface area contributed by atoms with Gasteiger partial charge in [-0.05, 0) is 75.8 Å². The molecule has 3 rings (SSSR count). The second kappa shape index (κ2) is 8.38. The Balaban J connectivity index is 2.14. The first kappa shape index (κ1) is 24.0. The normalized spacial score (nSPS) is 20.0. The van der Waals surface area contributed by atoms with Gasteiger partial charge in [-0.25, -0.2) is 18.5 Å². The first-order chi connectivity index (χ1) is 14.8. The molecule has 0 saturated carbocycles. The minimum absolute atomic E-state index is 0.106. The number of aliphatic hydroxyl groups excluding tert-OH is 1. The molecule has 0 aliphatic carbocycles. The van der Waals surface area contributed by atoms with Crippen LogP contribution in [-0.4, -0.2) is 38.3 Å². The molecule has 2 amide bonds. The molecule has 0 aromatic heterocycles. The molecule has 1 saturated heterocycles.